The molecule has 0 spiro atoms. The highest BCUT2D eigenvalue weighted by atomic mass is 32.1. The number of thiazole rings is 1. The number of hydrogen-bond donors (Lipinski definition) is 1. The van der Waals surface area contributed by atoms with E-state index in [1.54, 1.807) is 11.3 Å². The number of morpholine rings is 1. The largest absolute Gasteiger partial charge is 0.379 e. The molecule has 1 aromatic heterocycles. The van der Waals surface area contributed by atoms with E-state index in [1.807, 2.05) is 13.8 Å². The fraction of sp³-hybridized carbons (Fsp3) is 0.500. The Bertz CT molecular complexity index is 736. The van der Waals surface area contributed by atoms with Crippen LogP contribution in [0.4, 0.5) is 0 Å². The second-order valence-corrected chi connectivity index (χ2v) is 8.15. The first-order valence-electron chi connectivity index (χ1n) is 9.10. The van der Waals surface area contributed by atoms with Gasteiger partial charge in [0.05, 0.1) is 36.4 Å². The average molecular weight is 374 g/mol. The maximum atomic E-state index is 12.7. The Kier molecular flexibility index (Phi) is 6.40. The molecule has 1 saturated heterocycles. The van der Waals surface area contributed by atoms with E-state index >= 15 is 0 Å². The summed E-state index contributed by atoms with van der Waals surface area (Å²) in [5, 5.41) is 4.25. The molecule has 0 bridgehead atoms. The van der Waals surface area contributed by atoms with E-state index in [9.17, 15) is 4.79 Å². The van der Waals surface area contributed by atoms with Gasteiger partial charge in [-0.15, -0.1) is 11.3 Å². The van der Waals surface area contributed by atoms with E-state index in [0.29, 0.717) is 6.42 Å². The van der Waals surface area contributed by atoms with Crippen molar-refractivity contribution in [3.05, 3.63) is 51.0 Å². The van der Waals surface area contributed by atoms with Crippen LogP contribution in [0.15, 0.2) is 24.3 Å². The summed E-state index contributed by atoms with van der Waals surface area (Å²) in [5.74, 6) is 0.0515. The number of nitrogens with zero attached hydrogens (tertiary/aromatic N) is 2. The number of nitrogens with one attached hydrogen (secondary N) is 1. The predicted molar refractivity (Wildman–Crippen MR) is 105 cm³/mol. The quantitative estimate of drug-likeness (QED) is 0.846. The maximum absolute atomic E-state index is 12.7. The summed E-state index contributed by atoms with van der Waals surface area (Å²) >= 11 is 1.60. The lowest BCUT2D eigenvalue weighted by atomic mass is 10.0. The number of rotatable bonds is 6. The van der Waals surface area contributed by atoms with Crippen molar-refractivity contribution in [2.24, 2.45) is 0 Å². The van der Waals surface area contributed by atoms with Crippen molar-refractivity contribution >= 4 is 17.2 Å². The molecule has 1 aromatic carbocycles. The van der Waals surface area contributed by atoms with Crippen molar-refractivity contribution in [1.29, 1.82) is 0 Å². The van der Waals surface area contributed by atoms with Crippen molar-refractivity contribution in [3.8, 4) is 0 Å². The molecule has 1 atom stereocenters. The molecule has 1 unspecified atom stereocenters. The first-order chi connectivity index (χ1) is 12.5. The summed E-state index contributed by atoms with van der Waals surface area (Å²) in [4.78, 5) is 20.5. The van der Waals surface area contributed by atoms with Crippen LogP contribution in [0.25, 0.3) is 0 Å². The summed E-state index contributed by atoms with van der Waals surface area (Å²) in [6.07, 6.45) is 0.392. The first-order valence-corrected chi connectivity index (χ1v) is 9.92. The average Bonchev–Trinajstić information content (AvgIpc) is 2.93. The zero-order valence-electron chi connectivity index (χ0n) is 15.7. The third-order valence-corrected chi connectivity index (χ3v) is 5.75. The van der Waals surface area contributed by atoms with Crippen LogP contribution in [0, 0.1) is 20.8 Å². The minimum Gasteiger partial charge on any atom is -0.379 e. The molecule has 1 amide bonds. The van der Waals surface area contributed by atoms with Crippen molar-refractivity contribution in [2.45, 2.75) is 33.2 Å². The topological polar surface area (TPSA) is 54.5 Å². The molecule has 1 aliphatic rings. The van der Waals surface area contributed by atoms with Crippen LogP contribution < -0.4 is 5.32 Å². The normalized spacial score (nSPS) is 16.4. The lowest BCUT2D eigenvalue weighted by Crippen LogP contribution is -2.43. The molecule has 1 fully saturated rings. The van der Waals surface area contributed by atoms with Crippen molar-refractivity contribution in [2.75, 3.05) is 32.8 Å². The van der Waals surface area contributed by atoms with E-state index in [2.05, 4.69) is 46.4 Å². The molecule has 2 heterocycles. The minimum absolute atomic E-state index is 0.0180. The number of amides is 1. The molecular formula is C20H27N3O2S. The van der Waals surface area contributed by atoms with E-state index < -0.39 is 0 Å². The summed E-state index contributed by atoms with van der Waals surface area (Å²) in [6, 6.07) is 8.41. The molecule has 1 N–H and O–H groups in total. The van der Waals surface area contributed by atoms with Crippen LogP contribution in [-0.2, 0) is 16.0 Å². The van der Waals surface area contributed by atoms with E-state index in [1.165, 1.54) is 5.56 Å². The summed E-state index contributed by atoms with van der Waals surface area (Å²) < 4.78 is 5.44. The number of aryl methyl sites for hydroxylation is 3. The van der Waals surface area contributed by atoms with Gasteiger partial charge in [0.25, 0.3) is 0 Å². The lowest BCUT2D eigenvalue weighted by Gasteiger charge is -2.31. The molecule has 2 aromatic rings. The number of aromatic nitrogens is 1. The lowest BCUT2D eigenvalue weighted by molar-refractivity contribution is -0.121. The highest BCUT2D eigenvalue weighted by Gasteiger charge is 2.21. The van der Waals surface area contributed by atoms with Gasteiger partial charge in [-0.2, -0.15) is 0 Å². The zero-order chi connectivity index (χ0) is 18.5. The Labute approximate surface area is 159 Å². The standard InChI is InChI=1S/C20H27N3O2S/c1-14-4-6-17(7-5-14)18(13-23-8-10-25-11-9-23)22-20(24)12-19-15(2)21-16(3)26-19/h4-7,18H,8-13H2,1-3H3,(H,22,24). The van der Waals surface area contributed by atoms with Crippen molar-refractivity contribution in [3.63, 3.8) is 0 Å². The first kappa shape index (κ1) is 19.0. The fourth-order valence-corrected chi connectivity index (χ4v) is 4.14. The molecule has 6 heteroatoms. The van der Waals surface area contributed by atoms with E-state index in [4.69, 9.17) is 4.74 Å². The highest BCUT2D eigenvalue weighted by molar-refractivity contribution is 7.11. The van der Waals surface area contributed by atoms with Gasteiger partial charge in [-0.1, -0.05) is 29.8 Å². The van der Waals surface area contributed by atoms with Gasteiger partial charge in [0.1, 0.15) is 0 Å². The van der Waals surface area contributed by atoms with Gasteiger partial charge in [0.2, 0.25) is 5.91 Å². The second-order valence-electron chi connectivity index (χ2n) is 6.86. The molecule has 0 saturated carbocycles. The summed E-state index contributed by atoms with van der Waals surface area (Å²) in [5.41, 5.74) is 3.33. The third kappa shape index (κ3) is 5.13. The number of benzene rings is 1. The molecule has 3 rings (SSSR count). The van der Waals surface area contributed by atoms with Gasteiger partial charge in [-0.25, -0.2) is 4.98 Å². The van der Waals surface area contributed by atoms with E-state index in [0.717, 1.165) is 54.0 Å². The van der Waals surface area contributed by atoms with Crippen LogP contribution in [-0.4, -0.2) is 48.6 Å². The van der Waals surface area contributed by atoms with Crippen LogP contribution in [0.1, 0.15) is 32.7 Å². The Morgan fingerprint density at radius 1 is 1.23 bits per heavy atom. The van der Waals surface area contributed by atoms with Crippen molar-refractivity contribution in [1.82, 2.24) is 15.2 Å². The molecular weight excluding hydrogens is 346 g/mol. The molecule has 140 valence electrons. The van der Waals surface area contributed by atoms with Crippen LogP contribution >= 0.6 is 11.3 Å². The van der Waals surface area contributed by atoms with Gasteiger partial charge in [0.15, 0.2) is 0 Å². The minimum atomic E-state index is -0.0180. The Hall–Kier alpha value is -1.76. The Balaban J connectivity index is 1.70. The smallest absolute Gasteiger partial charge is 0.225 e. The van der Waals surface area contributed by atoms with Crippen LogP contribution in [0.3, 0.4) is 0 Å². The summed E-state index contributed by atoms with van der Waals surface area (Å²) in [6.45, 7) is 10.2. The molecule has 5 nitrogen and oxygen atoms in total. The van der Waals surface area contributed by atoms with E-state index in [-0.39, 0.29) is 11.9 Å². The Morgan fingerprint density at radius 3 is 2.54 bits per heavy atom. The Morgan fingerprint density at radius 2 is 1.92 bits per heavy atom. The summed E-state index contributed by atoms with van der Waals surface area (Å²) in [7, 11) is 0. The SMILES string of the molecule is Cc1ccc(C(CN2CCOCC2)NC(=O)Cc2sc(C)nc2C)cc1. The number of carbonyl (C=O) groups excluding carboxylic acids is 1. The van der Waals surface area contributed by atoms with Gasteiger partial charge >= 0.3 is 0 Å². The second kappa shape index (κ2) is 8.75. The van der Waals surface area contributed by atoms with Gasteiger partial charge < -0.3 is 10.1 Å². The van der Waals surface area contributed by atoms with Crippen molar-refractivity contribution < 1.29 is 9.53 Å². The molecule has 26 heavy (non-hydrogen) atoms. The molecule has 0 radical (unpaired) electrons. The molecule has 1 aliphatic heterocycles. The highest BCUT2D eigenvalue weighted by Crippen LogP contribution is 2.20. The monoisotopic (exact) mass is 373 g/mol. The third-order valence-electron chi connectivity index (χ3n) is 4.68. The molecule has 0 aliphatic carbocycles. The number of hydrogen-bond acceptors (Lipinski definition) is 5. The number of carbonyl (C=O) groups is 1. The van der Waals surface area contributed by atoms with Gasteiger partial charge in [-0.3, -0.25) is 9.69 Å². The zero-order valence-corrected chi connectivity index (χ0v) is 16.6. The number of ether oxygens (including phenoxy) is 1. The fourth-order valence-electron chi connectivity index (χ4n) is 3.20. The van der Waals surface area contributed by atoms with Crippen LogP contribution in [0.5, 0.6) is 0 Å². The van der Waals surface area contributed by atoms with Crippen LogP contribution in [0.2, 0.25) is 0 Å². The predicted octanol–water partition coefficient (Wildman–Crippen LogP) is 2.80. The van der Waals surface area contributed by atoms with Gasteiger partial charge in [0, 0.05) is 24.5 Å². The van der Waals surface area contributed by atoms with Gasteiger partial charge in [-0.05, 0) is 26.3 Å². The maximum Gasteiger partial charge on any atom is 0.225 e.